The first-order chi connectivity index (χ1) is 22.2. The molecule has 0 fully saturated rings. The van der Waals surface area contributed by atoms with E-state index in [9.17, 15) is 29.8 Å². The van der Waals surface area contributed by atoms with Crippen LogP contribution in [0.2, 0.25) is 20.1 Å². The summed E-state index contributed by atoms with van der Waals surface area (Å²) in [5, 5.41) is 26.6. The summed E-state index contributed by atoms with van der Waals surface area (Å²) in [6.07, 6.45) is 0. The van der Waals surface area contributed by atoms with Crippen LogP contribution in [0.15, 0.2) is 84.9 Å². The van der Waals surface area contributed by atoms with Crippen LogP contribution >= 0.6 is 62.7 Å². The number of likely N-dealkylation sites (N-methyl/N-ethyl adjacent to an activating group) is 1. The van der Waals surface area contributed by atoms with Gasteiger partial charge < -0.3 is 9.15 Å². The number of nitro benzene ring substituents is 2. The molecule has 1 N–H and O–H groups in total. The number of nitrogens with one attached hydrogen (secondary N) is 1. The van der Waals surface area contributed by atoms with Crippen LogP contribution in [0, 0.1) is 20.2 Å². The Hall–Kier alpha value is -3.62. The maximum atomic E-state index is 12.2. The van der Waals surface area contributed by atoms with E-state index < -0.39 is 15.8 Å². The van der Waals surface area contributed by atoms with E-state index in [1.807, 2.05) is 19.2 Å². The lowest BCUT2D eigenvalue weighted by Gasteiger charge is -2.16. The van der Waals surface area contributed by atoms with Crippen LogP contribution in [0.4, 0.5) is 11.4 Å². The molecule has 0 unspecified atom stereocenters. The van der Waals surface area contributed by atoms with Crippen molar-refractivity contribution in [2.45, 2.75) is 13.1 Å². The van der Waals surface area contributed by atoms with Crippen LogP contribution in [0.25, 0.3) is 0 Å². The predicted molar refractivity (Wildman–Crippen MR) is 187 cm³/mol. The first-order valence-electron chi connectivity index (χ1n) is 13.3. The van der Waals surface area contributed by atoms with Gasteiger partial charge in [0.15, 0.2) is 22.0 Å². The van der Waals surface area contributed by atoms with E-state index in [2.05, 4.69) is 25.4 Å². The predicted octanol–water partition coefficient (Wildman–Crippen LogP) is 8.99. The van der Waals surface area contributed by atoms with Crippen molar-refractivity contribution in [3.8, 4) is 0 Å². The number of hydrogen-bond acceptors (Lipinski definition) is 9. The largest absolute Gasteiger partial charge is 0.380 e. The van der Waals surface area contributed by atoms with Crippen LogP contribution in [-0.4, -0.2) is 47.1 Å². The van der Waals surface area contributed by atoms with Crippen molar-refractivity contribution < 1.29 is 23.3 Å². The molecular weight excluding hydrogens is 762 g/mol. The zero-order chi connectivity index (χ0) is 35.1. The number of ketones is 1. The molecule has 0 aliphatic heterocycles. The molecule has 0 aliphatic carbocycles. The van der Waals surface area contributed by atoms with Crippen molar-refractivity contribution in [2.24, 2.45) is 0 Å². The van der Waals surface area contributed by atoms with Crippen molar-refractivity contribution in [1.82, 2.24) is 10.2 Å². The third kappa shape index (κ3) is 13.6. The molecule has 4 aromatic carbocycles. The topological polar surface area (TPSA) is 145 Å². The lowest BCUT2D eigenvalue weighted by molar-refractivity contribution is -0.385. The van der Waals surface area contributed by atoms with E-state index in [-0.39, 0.29) is 29.3 Å². The quantitative estimate of drug-likeness (QED) is 0.0946. The maximum Gasteiger partial charge on any atom is 0.349 e. The molecule has 16 heteroatoms. The molecule has 0 bridgehead atoms. The van der Waals surface area contributed by atoms with Crippen molar-refractivity contribution >= 4 is 85.8 Å². The SMILES string of the molecule is CN(CC(=O)c1cccc([N+](=O)[O-])c1)Cc1ccc(Cl)cc1Cl.CNCc1ccc(Cl)cc1Cl.O=C(OBr)c1cccc([N+](=O)[O-])c1. The molecule has 0 aromatic heterocycles. The number of nitro groups is 2. The Kier molecular flexibility index (Phi) is 16.8. The van der Waals surface area contributed by atoms with Gasteiger partial charge in [0.05, 0.1) is 22.0 Å². The summed E-state index contributed by atoms with van der Waals surface area (Å²) in [5.41, 5.74) is 2.12. The second-order valence-electron chi connectivity index (χ2n) is 9.58. The molecule has 0 aliphatic rings. The van der Waals surface area contributed by atoms with Crippen LogP contribution in [0.5, 0.6) is 0 Å². The van der Waals surface area contributed by atoms with Crippen molar-refractivity contribution in [2.75, 3.05) is 20.6 Å². The third-order valence-electron chi connectivity index (χ3n) is 5.99. The Morgan fingerprint density at radius 3 is 1.74 bits per heavy atom. The van der Waals surface area contributed by atoms with Gasteiger partial charge in [0, 0.05) is 63.0 Å². The minimum Gasteiger partial charge on any atom is -0.380 e. The highest BCUT2D eigenvalue weighted by Gasteiger charge is 2.15. The van der Waals surface area contributed by atoms with Crippen molar-refractivity contribution in [3.05, 3.63) is 148 Å². The van der Waals surface area contributed by atoms with Crippen LogP contribution < -0.4 is 5.32 Å². The standard InChI is InChI=1S/C16H14Cl2N2O3.C8H9Cl2N.C7H4BrNO4/c1-19(9-12-5-6-13(17)8-15(12)18)10-16(21)11-3-2-4-14(7-11)20(22)23;1-11-5-6-2-3-7(9)4-8(6)10;8-13-7(10)5-2-1-3-6(4-5)9(11)12/h2-8H,9-10H2,1H3;2-4,11H,5H2,1H3;1-4H. The molecule has 248 valence electrons. The highest BCUT2D eigenvalue weighted by Crippen LogP contribution is 2.23. The smallest absolute Gasteiger partial charge is 0.349 e. The lowest BCUT2D eigenvalue weighted by atomic mass is 10.1. The average Bonchev–Trinajstić information content (AvgIpc) is 3.04. The van der Waals surface area contributed by atoms with E-state index in [4.69, 9.17) is 46.4 Å². The molecule has 47 heavy (non-hydrogen) atoms. The number of rotatable bonds is 10. The van der Waals surface area contributed by atoms with Gasteiger partial charge in [-0.25, -0.2) is 4.79 Å². The van der Waals surface area contributed by atoms with Gasteiger partial charge in [-0.15, -0.1) is 0 Å². The number of benzene rings is 4. The number of Topliss-reactive ketones (excluding diaryl/α,β-unsaturated/α-hetero) is 1. The number of hydrogen-bond donors (Lipinski definition) is 1. The summed E-state index contributed by atoms with van der Waals surface area (Å²) in [6.45, 7) is 1.37. The molecule has 0 atom stereocenters. The molecule has 0 heterocycles. The van der Waals surface area contributed by atoms with Crippen LogP contribution in [0.3, 0.4) is 0 Å². The van der Waals surface area contributed by atoms with Gasteiger partial charge in [0.2, 0.25) is 0 Å². The second-order valence-corrected chi connectivity index (χ2v) is 11.6. The number of carbonyl (C=O) groups excluding carboxylic acids is 2. The minimum atomic E-state index is -0.663. The Balaban J connectivity index is 0.000000270. The monoisotopic (exact) mass is 786 g/mol. The van der Waals surface area contributed by atoms with Gasteiger partial charge in [-0.05, 0) is 55.6 Å². The molecule has 4 aromatic rings. The van der Waals surface area contributed by atoms with Gasteiger partial charge >= 0.3 is 5.97 Å². The minimum absolute atomic E-state index is 0.0979. The normalized spacial score (nSPS) is 10.2. The summed E-state index contributed by atoms with van der Waals surface area (Å²) in [4.78, 5) is 44.9. The molecule has 0 amide bonds. The first-order valence-corrected chi connectivity index (χ1v) is 15.5. The zero-order valence-corrected chi connectivity index (χ0v) is 29.4. The van der Waals surface area contributed by atoms with Crippen LogP contribution in [-0.2, 0) is 16.9 Å². The number of halogens is 5. The third-order valence-corrected chi connectivity index (χ3v) is 7.46. The fraction of sp³-hybridized carbons (Fsp3) is 0.161. The van der Waals surface area contributed by atoms with E-state index in [1.165, 1.54) is 36.4 Å². The fourth-order valence-corrected chi connectivity index (χ4v) is 4.90. The second kappa shape index (κ2) is 19.9. The number of carbonyl (C=O) groups is 2. The molecule has 11 nitrogen and oxygen atoms in total. The summed E-state index contributed by atoms with van der Waals surface area (Å²) >= 11 is 26.1. The molecule has 0 saturated carbocycles. The molecule has 0 saturated heterocycles. The Morgan fingerprint density at radius 2 is 1.28 bits per heavy atom. The molecular formula is C31H27BrCl4N4O7. The fourth-order valence-electron chi connectivity index (χ4n) is 3.77. The Labute approximate surface area is 299 Å². The van der Waals surface area contributed by atoms with Gasteiger partial charge in [0.1, 0.15) is 0 Å². The van der Waals surface area contributed by atoms with E-state index in [1.54, 1.807) is 42.3 Å². The van der Waals surface area contributed by atoms with Gasteiger partial charge in [-0.1, -0.05) is 76.7 Å². The number of nitrogens with zero attached hydrogens (tertiary/aromatic N) is 3. The molecule has 0 spiro atoms. The first kappa shape index (κ1) is 39.6. The van der Waals surface area contributed by atoms with Crippen molar-refractivity contribution in [1.29, 1.82) is 0 Å². The van der Waals surface area contributed by atoms with Crippen LogP contribution in [0.1, 0.15) is 31.8 Å². The van der Waals surface area contributed by atoms with E-state index in [0.717, 1.165) is 23.7 Å². The summed E-state index contributed by atoms with van der Waals surface area (Å²) < 4.78 is 4.22. The maximum absolute atomic E-state index is 12.2. The van der Waals surface area contributed by atoms with Gasteiger partial charge in [0.25, 0.3) is 11.4 Å². The molecule has 4 rings (SSSR count). The Bertz CT molecular complexity index is 1730. The van der Waals surface area contributed by atoms with Crippen molar-refractivity contribution in [3.63, 3.8) is 0 Å². The van der Waals surface area contributed by atoms with Gasteiger partial charge in [-0.3, -0.25) is 29.9 Å². The average molecular weight is 789 g/mol. The summed E-state index contributed by atoms with van der Waals surface area (Å²) in [5.74, 6) is -0.856. The highest BCUT2D eigenvalue weighted by molar-refractivity contribution is 9.06. The summed E-state index contributed by atoms with van der Waals surface area (Å²) in [7, 11) is 3.66. The Morgan fingerprint density at radius 1 is 0.787 bits per heavy atom. The van der Waals surface area contributed by atoms with E-state index >= 15 is 0 Å². The van der Waals surface area contributed by atoms with E-state index in [0.29, 0.717) is 32.2 Å². The summed E-state index contributed by atoms with van der Waals surface area (Å²) in [6, 6.07) is 21.7. The van der Waals surface area contributed by atoms with Gasteiger partial charge in [-0.2, -0.15) is 0 Å². The zero-order valence-electron chi connectivity index (χ0n) is 24.8. The lowest BCUT2D eigenvalue weighted by Crippen LogP contribution is -2.25. The highest BCUT2D eigenvalue weighted by atomic mass is 79.9. The molecule has 0 radical (unpaired) electrons. The number of non-ortho nitro benzene ring substituents is 2.